The van der Waals surface area contributed by atoms with Crippen molar-refractivity contribution in [3.63, 3.8) is 0 Å². The zero-order chi connectivity index (χ0) is 11.8. The van der Waals surface area contributed by atoms with Gasteiger partial charge < -0.3 is 10.0 Å². The van der Waals surface area contributed by atoms with E-state index in [9.17, 15) is 5.11 Å². The lowest BCUT2D eigenvalue weighted by Gasteiger charge is -2.21. The summed E-state index contributed by atoms with van der Waals surface area (Å²) in [6.45, 7) is 7.63. The van der Waals surface area contributed by atoms with E-state index in [0.717, 1.165) is 29.5 Å². The van der Waals surface area contributed by atoms with Gasteiger partial charge in [0, 0.05) is 12.0 Å². The highest BCUT2D eigenvalue weighted by atomic mass is 32.1. The van der Waals surface area contributed by atoms with Gasteiger partial charge in [0.05, 0.1) is 12.6 Å². The summed E-state index contributed by atoms with van der Waals surface area (Å²) in [7, 11) is 0. The zero-order valence-electron chi connectivity index (χ0n) is 10.1. The molecule has 0 aromatic carbocycles. The van der Waals surface area contributed by atoms with Crippen LogP contribution in [0.25, 0.3) is 0 Å². The third-order valence-corrected chi connectivity index (χ3v) is 4.28. The molecule has 16 heavy (non-hydrogen) atoms. The number of aromatic nitrogens is 2. The Bertz CT molecular complexity index is 358. The third kappa shape index (κ3) is 2.20. The largest absolute Gasteiger partial charge is 0.394 e. The maximum atomic E-state index is 9.28. The number of aliphatic hydroxyl groups is 1. The standard InChI is InChI=1S/C11H19N3OS/c1-11(2,3)9-12-13-10(16-9)14-6-4-5-8(14)7-15/h8,15H,4-7H2,1-3H3. The molecule has 0 bridgehead atoms. The quantitative estimate of drug-likeness (QED) is 0.857. The minimum absolute atomic E-state index is 0.0599. The number of hydrogen-bond donors (Lipinski definition) is 1. The molecule has 1 N–H and O–H groups in total. The Kier molecular flexibility index (Phi) is 3.17. The van der Waals surface area contributed by atoms with E-state index in [1.807, 2.05) is 0 Å². The Labute approximate surface area is 100 Å². The molecule has 2 heterocycles. The summed E-state index contributed by atoms with van der Waals surface area (Å²) in [5.41, 5.74) is 0.0599. The molecule has 5 heteroatoms. The highest BCUT2D eigenvalue weighted by molar-refractivity contribution is 7.15. The number of hydrogen-bond acceptors (Lipinski definition) is 5. The van der Waals surface area contributed by atoms with E-state index in [2.05, 4.69) is 35.9 Å². The van der Waals surface area contributed by atoms with E-state index in [4.69, 9.17) is 0 Å². The average molecular weight is 241 g/mol. The van der Waals surface area contributed by atoms with Crippen molar-refractivity contribution in [3.8, 4) is 0 Å². The van der Waals surface area contributed by atoms with Crippen LogP contribution >= 0.6 is 11.3 Å². The summed E-state index contributed by atoms with van der Waals surface area (Å²) < 4.78 is 0. The molecule has 4 nitrogen and oxygen atoms in total. The predicted octanol–water partition coefficient (Wildman–Crippen LogP) is 1.80. The van der Waals surface area contributed by atoms with Crippen LogP contribution in [0.15, 0.2) is 0 Å². The molecule has 1 fully saturated rings. The van der Waals surface area contributed by atoms with Gasteiger partial charge in [-0.2, -0.15) is 0 Å². The first kappa shape index (κ1) is 11.8. The fourth-order valence-corrected chi connectivity index (χ4v) is 2.91. The average Bonchev–Trinajstić information content (AvgIpc) is 2.84. The summed E-state index contributed by atoms with van der Waals surface area (Å²) in [6, 6.07) is 0.237. The van der Waals surface area contributed by atoms with Crippen molar-refractivity contribution in [3.05, 3.63) is 5.01 Å². The maximum Gasteiger partial charge on any atom is 0.208 e. The molecule has 1 aromatic rings. The van der Waals surface area contributed by atoms with Gasteiger partial charge in [-0.1, -0.05) is 32.1 Å². The molecule has 0 radical (unpaired) electrons. The molecule has 1 atom stereocenters. The summed E-state index contributed by atoms with van der Waals surface area (Å²) in [4.78, 5) is 2.19. The van der Waals surface area contributed by atoms with Crippen molar-refractivity contribution in [2.45, 2.75) is 45.1 Å². The molecule has 0 saturated carbocycles. The van der Waals surface area contributed by atoms with Gasteiger partial charge in [0.15, 0.2) is 0 Å². The van der Waals surface area contributed by atoms with Crippen molar-refractivity contribution in [2.75, 3.05) is 18.1 Å². The first-order chi connectivity index (χ1) is 7.52. The van der Waals surface area contributed by atoms with Crippen LogP contribution < -0.4 is 4.90 Å². The minimum Gasteiger partial charge on any atom is -0.394 e. The second-order valence-corrected chi connectivity index (χ2v) is 6.27. The molecule has 2 rings (SSSR count). The van der Waals surface area contributed by atoms with E-state index in [1.54, 1.807) is 11.3 Å². The molecule has 1 aliphatic heterocycles. The lowest BCUT2D eigenvalue weighted by atomic mass is 9.98. The molecule has 1 aromatic heterocycles. The van der Waals surface area contributed by atoms with Gasteiger partial charge in [-0.15, -0.1) is 10.2 Å². The topological polar surface area (TPSA) is 49.2 Å². The van der Waals surface area contributed by atoms with Crippen LogP contribution in [0.1, 0.15) is 38.6 Å². The number of aliphatic hydroxyl groups excluding tert-OH is 1. The molecular formula is C11H19N3OS. The van der Waals surface area contributed by atoms with Crippen LogP contribution in [0.5, 0.6) is 0 Å². The van der Waals surface area contributed by atoms with E-state index in [0.29, 0.717) is 0 Å². The van der Waals surface area contributed by atoms with Crippen molar-refractivity contribution >= 4 is 16.5 Å². The fourth-order valence-electron chi connectivity index (χ4n) is 1.91. The third-order valence-electron chi connectivity index (χ3n) is 2.89. The SMILES string of the molecule is CC(C)(C)c1nnc(N2CCCC2CO)s1. The Morgan fingerprint density at radius 2 is 2.19 bits per heavy atom. The van der Waals surface area contributed by atoms with Crippen LogP contribution in [-0.2, 0) is 5.41 Å². The lowest BCUT2D eigenvalue weighted by molar-refractivity contribution is 0.266. The maximum absolute atomic E-state index is 9.28. The van der Waals surface area contributed by atoms with E-state index >= 15 is 0 Å². The van der Waals surface area contributed by atoms with E-state index < -0.39 is 0 Å². The Balaban J connectivity index is 2.18. The van der Waals surface area contributed by atoms with Gasteiger partial charge in [0.2, 0.25) is 5.13 Å². The second-order valence-electron chi connectivity index (χ2n) is 5.31. The second kappa shape index (κ2) is 4.30. The Morgan fingerprint density at radius 1 is 1.44 bits per heavy atom. The smallest absolute Gasteiger partial charge is 0.208 e. The van der Waals surface area contributed by atoms with Gasteiger partial charge in [0.1, 0.15) is 5.01 Å². The van der Waals surface area contributed by atoms with E-state index in [1.165, 1.54) is 0 Å². The summed E-state index contributed by atoms with van der Waals surface area (Å²) in [6.07, 6.45) is 2.19. The number of anilines is 1. The molecule has 90 valence electrons. The zero-order valence-corrected chi connectivity index (χ0v) is 10.9. The van der Waals surface area contributed by atoms with Gasteiger partial charge in [0.25, 0.3) is 0 Å². The van der Waals surface area contributed by atoms with Gasteiger partial charge in [-0.3, -0.25) is 0 Å². The Hall–Kier alpha value is -0.680. The fraction of sp³-hybridized carbons (Fsp3) is 0.818. The number of rotatable bonds is 2. The van der Waals surface area contributed by atoms with Gasteiger partial charge in [-0.05, 0) is 12.8 Å². The molecule has 0 amide bonds. The monoisotopic (exact) mass is 241 g/mol. The molecule has 1 aliphatic rings. The van der Waals surface area contributed by atoms with Crippen LogP contribution in [0.2, 0.25) is 0 Å². The highest BCUT2D eigenvalue weighted by Crippen LogP contribution is 2.33. The summed E-state index contributed by atoms with van der Waals surface area (Å²) >= 11 is 1.65. The van der Waals surface area contributed by atoms with Crippen molar-refractivity contribution in [1.29, 1.82) is 0 Å². The molecule has 0 spiro atoms. The predicted molar refractivity (Wildman–Crippen MR) is 66.1 cm³/mol. The molecule has 1 unspecified atom stereocenters. The summed E-state index contributed by atoms with van der Waals surface area (Å²) in [5, 5.41) is 19.8. The highest BCUT2D eigenvalue weighted by Gasteiger charge is 2.28. The van der Waals surface area contributed by atoms with E-state index in [-0.39, 0.29) is 18.1 Å². The first-order valence-corrected chi connectivity index (χ1v) is 6.55. The van der Waals surface area contributed by atoms with Crippen LogP contribution in [-0.4, -0.2) is 34.5 Å². The van der Waals surface area contributed by atoms with Crippen molar-refractivity contribution in [1.82, 2.24) is 10.2 Å². The van der Waals surface area contributed by atoms with Crippen LogP contribution in [0, 0.1) is 0 Å². The van der Waals surface area contributed by atoms with Gasteiger partial charge in [-0.25, -0.2) is 0 Å². The number of nitrogens with zero attached hydrogens (tertiary/aromatic N) is 3. The summed E-state index contributed by atoms with van der Waals surface area (Å²) in [5.74, 6) is 0. The minimum atomic E-state index is 0.0599. The normalized spacial score (nSPS) is 21.8. The van der Waals surface area contributed by atoms with Gasteiger partial charge >= 0.3 is 0 Å². The molecule has 1 saturated heterocycles. The first-order valence-electron chi connectivity index (χ1n) is 5.74. The molecular weight excluding hydrogens is 222 g/mol. The molecule has 0 aliphatic carbocycles. The lowest BCUT2D eigenvalue weighted by Crippen LogP contribution is -2.31. The van der Waals surface area contributed by atoms with Crippen LogP contribution in [0.4, 0.5) is 5.13 Å². The Morgan fingerprint density at radius 3 is 2.75 bits per heavy atom. The van der Waals surface area contributed by atoms with Crippen molar-refractivity contribution in [2.24, 2.45) is 0 Å². The van der Waals surface area contributed by atoms with Crippen LogP contribution in [0.3, 0.4) is 0 Å². The van der Waals surface area contributed by atoms with Crippen molar-refractivity contribution < 1.29 is 5.11 Å².